The Morgan fingerprint density at radius 3 is 2.42 bits per heavy atom. The minimum Gasteiger partial charge on any atom is -0.394 e. The van der Waals surface area contributed by atoms with Gasteiger partial charge < -0.3 is 10.4 Å². The van der Waals surface area contributed by atoms with Gasteiger partial charge in [-0.3, -0.25) is 4.79 Å². The van der Waals surface area contributed by atoms with Crippen LogP contribution in [0.3, 0.4) is 0 Å². The first-order chi connectivity index (χ1) is 5.43. The average molecular weight is 173 g/mol. The van der Waals surface area contributed by atoms with Gasteiger partial charge in [-0.25, -0.2) is 0 Å². The largest absolute Gasteiger partial charge is 0.394 e. The van der Waals surface area contributed by atoms with E-state index in [4.69, 9.17) is 5.11 Å². The van der Waals surface area contributed by atoms with Gasteiger partial charge in [0.15, 0.2) is 0 Å². The Labute approximate surface area is 74.2 Å². The molecule has 12 heavy (non-hydrogen) atoms. The van der Waals surface area contributed by atoms with Crippen LogP contribution in [0.1, 0.15) is 34.1 Å². The third-order valence-electron chi connectivity index (χ3n) is 1.92. The Morgan fingerprint density at radius 1 is 1.58 bits per heavy atom. The maximum atomic E-state index is 11.3. The van der Waals surface area contributed by atoms with E-state index in [2.05, 4.69) is 5.32 Å². The zero-order chi connectivity index (χ0) is 9.78. The van der Waals surface area contributed by atoms with Gasteiger partial charge in [0, 0.05) is 5.92 Å². The van der Waals surface area contributed by atoms with Gasteiger partial charge in [-0.05, 0) is 20.3 Å². The molecule has 0 saturated heterocycles. The molecule has 0 aliphatic heterocycles. The van der Waals surface area contributed by atoms with Crippen molar-refractivity contribution in [2.75, 3.05) is 6.61 Å². The van der Waals surface area contributed by atoms with E-state index in [1.807, 2.05) is 13.8 Å². The SMILES string of the molecule is CCC(C)C(=O)NC(C)(C)CO. The van der Waals surface area contributed by atoms with E-state index in [9.17, 15) is 4.79 Å². The fraction of sp³-hybridized carbons (Fsp3) is 0.889. The lowest BCUT2D eigenvalue weighted by Crippen LogP contribution is -2.48. The van der Waals surface area contributed by atoms with Crippen molar-refractivity contribution < 1.29 is 9.90 Å². The summed E-state index contributed by atoms with van der Waals surface area (Å²) >= 11 is 0. The lowest BCUT2D eigenvalue weighted by molar-refractivity contribution is -0.126. The molecule has 0 spiro atoms. The Morgan fingerprint density at radius 2 is 2.08 bits per heavy atom. The van der Waals surface area contributed by atoms with Gasteiger partial charge in [0.1, 0.15) is 0 Å². The van der Waals surface area contributed by atoms with Gasteiger partial charge >= 0.3 is 0 Å². The molecular formula is C9H19NO2. The monoisotopic (exact) mass is 173 g/mol. The highest BCUT2D eigenvalue weighted by Crippen LogP contribution is 2.05. The van der Waals surface area contributed by atoms with Crippen molar-refractivity contribution in [2.45, 2.75) is 39.7 Å². The van der Waals surface area contributed by atoms with Crippen LogP contribution in [0.5, 0.6) is 0 Å². The van der Waals surface area contributed by atoms with Crippen molar-refractivity contribution in [3.05, 3.63) is 0 Å². The quantitative estimate of drug-likeness (QED) is 0.664. The second kappa shape index (κ2) is 4.45. The summed E-state index contributed by atoms with van der Waals surface area (Å²) in [7, 11) is 0. The Kier molecular flexibility index (Phi) is 4.24. The van der Waals surface area contributed by atoms with Crippen LogP contribution in [0.15, 0.2) is 0 Å². The highest BCUT2D eigenvalue weighted by molar-refractivity contribution is 5.78. The standard InChI is InChI=1S/C9H19NO2/c1-5-7(2)8(12)10-9(3,4)6-11/h7,11H,5-6H2,1-4H3,(H,10,12). The normalized spacial score (nSPS) is 14.1. The van der Waals surface area contributed by atoms with Crippen LogP contribution in [0, 0.1) is 5.92 Å². The molecule has 0 rings (SSSR count). The molecule has 2 N–H and O–H groups in total. The molecule has 1 unspecified atom stereocenters. The molecule has 1 atom stereocenters. The van der Waals surface area contributed by atoms with Gasteiger partial charge in [0.25, 0.3) is 0 Å². The second-order valence-electron chi connectivity index (χ2n) is 3.84. The van der Waals surface area contributed by atoms with Crippen molar-refractivity contribution in [2.24, 2.45) is 5.92 Å². The predicted molar refractivity (Wildman–Crippen MR) is 48.8 cm³/mol. The first-order valence-corrected chi connectivity index (χ1v) is 4.36. The molecule has 0 aliphatic rings. The fourth-order valence-corrected chi connectivity index (χ4v) is 0.682. The van der Waals surface area contributed by atoms with E-state index in [1.54, 1.807) is 13.8 Å². The molecule has 0 fully saturated rings. The van der Waals surface area contributed by atoms with Gasteiger partial charge in [0.05, 0.1) is 12.1 Å². The van der Waals surface area contributed by atoms with E-state index in [0.29, 0.717) is 0 Å². The molecule has 1 amide bonds. The number of amides is 1. The summed E-state index contributed by atoms with van der Waals surface area (Å²) < 4.78 is 0. The number of aliphatic hydroxyl groups is 1. The molecule has 0 radical (unpaired) electrons. The highest BCUT2D eigenvalue weighted by Gasteiger charge is 2.21. The van der Waals surface area contributed by atoms with Crippen LogP contribution in [0.4, 0.5) is 0 Å². The van der Waals surface area contributed by atoms with Gasteiger partial charge in [-0.2, -0.15) is 0 Å². The lowest BCUT2D eigenvalue weighted by Gasteiger charge is -2.25. The molecular weight excluding hydrogens is 154 g/mol. The fourth-order valence-electron chi connectivity index (χ4n) is 0.682. The van der Waals surface area contributed by atoms with Crippen molar-refractivity contribution in [3.8, 4) is 0 Å². The highest BCUT2D eigenvalue weighted by atomic mass is 16.3. The van der Waals surface area contributed by atoms with Crippen LogP contribution >= 0.6 is 0 Å². The number of hydrogen-bond donors (Lipinski definition) is 2. The topological polar surface area (TPSA) is 49.3 Å². The molecule has 72 valence electrons. The molecule has 0 bridgehead atoms. The molecule has 0 aromatic rings. The van der Waals surface area contributed by atoms with Crippen molar-refractivity contribution >= 4 is 5.91 Å². The van der Waals surface area contributed by atoms with E-state index >= 15 is 0 Å². The van der Waals surface area contributed by atoms with E-state index in [-0.39, 0.29) is 18.4 Å². The molecule has 0 saturated carbocycles. The molecule has 0 heterocycles. The lowest BCUT2D eigenvalue weighted by atomic mass is 10.0. The summed E-state index contributed by atoms with van der Waals surface area (Å²) in [6.07, 6.45) is 0.827. The van der Waals surface area contributed by atoms with Gasteiger partial charge in [-0.1, -0.05) is 13.8 Å². The molecule has 3 nitrogen and oxygen atoms in total. The number of hydrogen-bond acceptors (Lipinski definition) is 2. The Hall–Kier alpha value is -0.570. The third kappa shape index (κ3) is 3.72. The summed E-state index contributed by atoms with van der Waals surface area (Å²) in [5.74, 6) is 0.0346. The van der Waals surface area contributed by atoms with Crippen LogP contribution < -0.4 is 5.32 Å². The van der Waals surface area contributed by atoms with E-state index in [0.717, 1.165) is 6.42 Å². The summed E-state index contributed by atoms with van der Waals surface area (Å²) in [4.78, 5) is 11.3. The number of carbonyl (C=O) groups is 1. The Balaban J connectivity index is 4.00. The van der Waals surface area contributed by atoms with Crippen LogP contribution in [-0.2, 0) is 4.79 Å². The number of rotatable bonds is 4. The van der Waals surface area contributed by atoms with Crippen molar-refractivity contribution in [1.82, 2.24) is 5.32 Å². The first kappa shape index (κ1) is 11.4. The van der Waals surface area contributed by atoms with Gasteiger partial charge in [0.2, 0.25) is 5.91 Å². The summed E-state index contributed by atoms with van der Waals surface area (Å²) in [5, 5.41) is 11.7. The molecule has 0 aliphatic carbocycles. The summed E-state index contributed by atoms with van der Waals surface area (Å²) in [6, 6.07) is 0. The molecule has 0 aromatic carbocycles. The molecule has 0 aromatic heterocycles. The van der Waals surface area contributed by atoms with Crippen molar-refractivity contribution in [3.63, 3.8) is 0 Å². The zero-order valence-electron chi connectivity index (χ0n) is 8.35. The smallest absolute Gasteiger partial charge is 0.223 e. The average Bonchev–Trinajstić information content (AvgIpc) is 2.02. The maximum Gasteiger partial charge on any atom is 0.223 e. The minimum atomic E-state index is -0.499. The number of nitrogens with one attached hydrogen (secondary N) is 1. The summed E-state index contributed by atoms with van der Waals surface area (Å²) in [5.41, 5.74) is -0.499. The molecule has 3 heteroatoms. The third-order valence-corrected chi connectivity index (χ3v) is 1.92. The van der Waals surface area contributed by atoms with Gasteiger partial charge in [-0.15, -0.1) is 0 Å². The van der Waals surface area contributed by atoms with Crippen LogP contribution in [-0.4, -0.2) is 23.2 Å². The predicted octanol–water partition coefficient (Wildman–Crippen LogP) is 0.920. The van der Waals surface area contributed by atoms with Crippen LogP contribution in [0.2, 0.25) is 0 Å². The minimum absolute atomic E-state index is 0.0107. The Bertz CT molecular complexity index is 155. The summed E-state index contributed by atoms with van der Waals surface area (Å²) in [6.45, 7) is 7.41. The van der Waals surface area contributed by atoms with Crippen LogP contribution in [0.25, 0.3) is 0 Å². The zero-order valence-corrected chi connectivity index (χ0v) is 8.35. The number of carbonyl (C=O) groups excluding carboxylic acids is 1. The maximum absolute atomic E-state index is 11.3. The van der Waals surface area contributed by atoms with Crippen molar-refractivity contribution in [1.29, 1.82) is 0 Å². The second-order valence-corrected chi connectivity index (χ2v) is 3.84. The number of aliphatic hydroxyl groups excluding tert-OH is 1. The van der Waals surface area contributed by atoms with E-state index in [1.165, 1.54) is 0 Å². The van der Waals surface area contributed by atoms with E-state index < -0.39 is 5.54 Å². The first-order valence-electron chi connectivity index (χ1n) is 4.36.